The van der Waals surface area contributed by atoms with Crippen LogP contribution in [0.5, 0.6) is 5.88 Å². The summed E-state index contributed by atoms with van der Waals surface area (Å²) in [7, 11) is 3.98. The van der Waals surface area contributed by atoms with Crippen molar-refractivity contribution in [3.63, 3.8) is 0 Å². The van der Waals surface area contributed by atoms with Gasteiger partial charge in [0.25, 0.3) is 0 Å². The molecule has 0 aliphatic rings. The Hall–Kier alpha value is -4.17. The van der Waals surface area contributed by atoms with Crippen LogP contribution >= 0.6 is 0 Å². The van der Waals surface area contributed by atoms with Gasteiger partial charge >= 0.3 is 5.97 Å². The number of nitrogens with zero attached hydrogens (tertiary/aromatic N) is 2. The summed E-state index contributed by atoms with van der Waals surface area (Å²) in [5.74, 6) is -1.57. The molecule has 0 aliphatic heterocycles. The number of aliphatic imine (C=N–C) groups is 1. The van der Waals surface area contributed by atoms with E-state index in [1.165, 1.54) is 12.1 Å². The second-order valence-electron chi connectivity index (χ2n) is 8.40. The van der Waals surface area contributed by atoms with E-state index in [1.807, 2.05) is 38.4 Å². The van der Waals surface area contributed by atoms with E-state index in [-0.39, 0.29) is 12.3 Å². The molecule has 0 unspecified atom stereocenters. The third-order valence-corrected chi connectivity index (χ3v) is 5.38. The van der Waals surface area contributed by atoms with Crippen molar-refractivity contribution >= 4 is 34.0 Å². The van der Waals surface area contributed by atoms with Crippen LogP contribution in [0, 0.1) is 5.82 Å². The lowest BCUT2D eigenvalue weighted by Crippen LogP contribution is -2.10. The number of fused-ring (bicyclic) bond motifs is 1. The third kappa shape index (κ3) is 4.92. The second-order valence-corrected chi connectivity index (χ2v) is 8.40. The van der Waals surface area contributed by atoms with Crippen molar-refractivity contribution in [2.45, 2.75) is 13.0 Å². The van der Waals surface area contributed by atoms with E-state index in [1.54, 1.807) is 24.3 Å². The van der Waals surface area contributed by atoms with Gasteiger partial charge in [0.15, 0.2) is 5.88 Å². The first-order valence-electron chi connectivity index (χ1n) is 10.6. The van der Waals surface area contributed by atoms with Crippen molar-refractivity contribution < 1.29 is 19.4 Å². The largest absolute Gasteiger partial charge is 0.494 e. The number of nitrogen functional groups attached to an aromatic ring is 1. The summed E-state index contributed by atoms with van der Waals surface area (Å²) in [6.07, 6.45) is -0.165. The molecular weight excluding hydrogens is 435 g/mol. The molecule has 0 saturated carbocycles. The van der Waals surface area contributed by atoms with Crippen LogP contribution in [0.1, 0.15) is 22.3 Å². The fourth-order valence-corrected chi connectivity index (χ4v) is 3.93. The zero-order chi connectivity index (χ0) is 24.4. The minimum absolute atomic E-state index is 0.165. The van der Waals surface area contributed by atoms with Gasteiger partial charge in [-0.3, -0.25) is 4.79 Å². The molecule has 4 aromatic rings. The van der Waals surface area contributed by atoms with Gasteiger partial charge in [-0.1, -0.05) is 24.3 Å². The van der Waals surface area contributed by atoms with E-state index in [9.17, 15) is 14.3 Å². The maximum absolute atomic E-state index is 13.8. The molecule has 4 rings (SSSR count). The van der Waals surface area contributed by atoms with Gasteiger partial charge in [0.1, 0.15) is 5.82 Å². The number of halogens is 1. The number of aromatic amines is 1. The molecular formula is C26H25FN4O3. The molecule has 3 aromatic carbocycles. The van der Waals surface area contributed by atoms with Gasteiger partial charge in [-0.2, -0.15) is 0 Å². The summed E-state index contributed by atoms with van der Waals surface area (Å²) in [6, 6.07) is 16.8. The lowest BCUT2D eigenvalue weighted by molar-refractivity contribution is -0.136. The van der Waals surface area contributed by atoms with Crippen molar-refractivity contribution in [3.05, 3.63) is 88.7 Å². The zero-order valence-corrected chi connectivity index (χ0v) is 18.8. The molecule has 8 heteroatoms. The molecule has 0 radical (unpaired) electrons. The summed E-state index contributed by atoms with van der Waals surface area (Å²) >= 11 is 0. The van der Waals surface area contributed by atoms with Crippen molar-refractivity contribution in [3.8, 4) is 5.88 Å². The minimum atomic E-state index is -0.963. The number of nitrogens with two attached hydrogens (primary N) is 1. The maximum Gasteiger partial charge on any atom is 0.307 e. The summed E-state index contributed by atoms with van der Waals surface area (Å²) in [6.45, 7) is 0.781. The van der Waals surface area contributed by atoms with Gasteiger partial charge in [-0.25, -0.2) is 9.38 Å². The molecule has 0 atom stereocenters. The molecule has 0 saturated heterocycles. The number of nitrogens with one attached hydrogen (secondary N) is 1. The predicted molar refractivity (Wildman–Crippen MR) is 131 cm³/mol. The van der Waals surface area contributed by atoms with E-state index < -0.39 is 11.8 Å². The molecule has 0 spiro atoms. The Balaban J connectivity index is 1.88. The molecule has 1 heterocycles. The molecule has 0 aliphatic carbocycles. The number of anilines is 1. The Morgan fingerprint density at radius 2 is 1.76 bits per heavy atom. The number of hydrogen-bond acceptors (Lipinski definition) is 5. The Morgan fingerprint density at radius 3 is 2.41 bits per heavy atom. The highest BCUT2D eigenvalue weighted by Gasteiger charge is 2.21. The van der Waals surface area contributed by atoms with Gasteiger partial charge in [-0.05, 0) is 61.6 Å². The predicted octanol–water partition coefficient (Wildman–Crippen LogP) is 4.45. The number of hydrogen-bond donors (Lipinski definition) is 4. The third-order valence-electron chi connectivity index (χ3n) is 5.38. The average molecular weight is 461 g/mol. The summed E-state index contributed by atoms with van der Waals surface area (Å²) < 4.78 is 13.8. The number of carboxylic acid groups (broad SMARTS) is 1. The first kappa shape index (κ1) is 23.0. The Morgan fingerprint density at radius 1 is 1.06 bits per heavy atom. The number of H-pyrrole nitrogens is 1. The normalized spacial score (nSPS) is 11.9. The number of aliphatic carboxylic acids is 1. The fourth-order valence-electron chi connectivity index (χ4n) is 3.93. The fraction of sp³-hybridized carbons (Fsp3) is 0.154. The Labute approximate surface area is 196 Å². The van der Waals surface area contributed by atoms with Crippen molar-refractivity contribution in [1.29, 1.82) is 0 Å². The van der Waals surface area contributed by atoms with Crippen LogP contribution in [0.25, 0.3) is 10.9 Å². The summed E-state index contributed by atoms with van der Waals surface area (Å²) in [4.78, 5) is 20.8. The van der Waals surface area contributed by atoms with Crippen LogP contribution in [0.4, 0.5) is 15.8 Å². The average Bonchev–Trinajstić information content (AvgIpc) is 3.07. The number of aromatic hydroxyl groups is 1. The van der Waals surface area contributed by atoms with Gasteiger partial charge < -0.3 is 25.8 Å². The smallest absolute Gasteiger partial charge is 0.307 e. The minimum Gasteiger partial charge on any atom is -0.494 e. The van der Waals surface area contributed by atoms with Crippen LogP contribution in [-0.4, -0.2) is 45.9 Å². The van der Waals surface area contributed by atoms with Gasteiger partial charge in [-0.15, -0.1) is 0 Å². The molecule has 34 heavy (non-hydrogen) atoms. The number of carbonyl (C=O) groups is 1. The van der Waals surface area contributed by atoms with Crippen molar-refractivity contribution in [2.24, 2.45) is 4.99 Å². The lowest BCUT2D eigenvalue weighted by Gasteiger charge is -2.13. The van der Waals surface area contributed by atoms with Crippen LogP contribution in [0.2, 0.25) is 0 Å². The highest BCUT2D eigenvalue weighted by atomic mass is 19.1. The highest BCUT2D eigenvalue weighted by molar-refractivity contribution is 6.23. The van der Waals surface area contributed by atoms with Gasteiger partial charge in [0.05, 0.1) is 28.9 Å². The number of carboxylic acids is 1. The molecule has 0 bridgehead atoms. The molecule has 0 amide bonds. The molecule has 7 nitrogen and oxygen atoms in total. The number of benzene rings is 3. The topological polar surface area (TPSA) is 115 Å². The van der Waals surface area contributed by atoms with E-state index in [0.717, 1.165) is 12.1 Å². The van der Waals surface area contributed by atoms with E-state index in [2.05, 4.69) is 9.88 Å². The van der Waals surface area contributed by atoms with E-state index >= 15 is 0 Å². The van der Waals surface area contributed by atoms with Crippen molar-refractivity contribution in [2.75, 3.05) is 19.8 Å². The Kier molecular flexibility index (Phi) is 6.34. The van der Waals surface area contributed by atoms with Crippen LogP contribution in [0.15, 0.2) is 65.7 Å². The van der Waals surface area contributed by atoms with Gasteiger partial charge in [0.2, 0.25) is 0 Å². The zero-order valence-electron chi connectivity index (χ0n) is 18.8. The number of rotatable bonds is 7. The maximum atomic E-state index is 13.8. The van der Waals surface area contributed by atoms with E-state index in [4.69, 9.17) is 15.8 Å². The van der Waals surface area contributed by atoms with Crippen LogP contribution < -0.4 is 5.73 Å². The highest BCUT2D eigenvalue weighted by Crippen LogP contribution is 2.33. The quantitative estimate of drug-likeness (QED) is 0.240. The van der Waals surface area contributed by atoms with Crippen LogP contribution in [0.3, 0.4) is 0 Å². The van der Waals surface area contributed by atoms with Crippen molar-refractivity contribution in [1.82, 2.24) is 9.88 Å². The standard InChI is InChI=1S/C26H25FN4O3/c1-31(2)14-15-3-7-18(8-4-15)29-25(19-9-5-16(11-21(19)28)12-23(32)33)24-20-10-6-17(27)13-22(20)30-26(24)34/h3-11,13,30,34H,12,14,28H2,1-2H3,(H,32,33). The Bertz CT molecular complexity index is 1390. The first-order chi connectivity index (χ1) is 16.2. The monoisotopic (exact) mass is 460 g/mol. The van der Waals surface area contributed by atoms with E-state index in [0.29, 0.717) is 44.7 Å². The SMILES string of the molecule is CN(C)Cc1ccc(N=C(c2ccc(CC(=O)O)cc2N)c2c(O)[nH]c3cc(F)ccc23)cc1. The molecule has 174 valence electrons. The van der Waals surface area contributed by atoms with Crippen LogP contribution in [-0.2, 0) is 17.8 Å². The second kappa shape index (κ2) is 9.36. The summed E-state index contributed by atoms with van der Waals surface area (Å²) in [5, 5.41) is 20.4. The molecule has 0 fully saturated rings. The number of aromatic nitrogens is 1. The lowest BCUT2D eigenvalue weighted by atomic mass is 9.97. The first-order valence-corrected chi connectivity index (χ1v) is 10.6. The molecule has 5 N–H and O–H groups in total. The summed E-state index contributed by atoms with van der Waals surface area (Å²) in [5.41, 5.74) is 10.7. The molecule has 1 aromatic heterocycles. The van der Waals surface area contributed by atoms with Gasteiger partial charge in [0, 0.05) is 23.2 Å².